The maximum absolute atomic E-state index is 5.54. The Labute approximate surface area is 82.9 Å². The summed E-state index contributed by atoms with van der Waals surface area (Å²) in [6.45, 7) is 9.88. The molecule has 1 fully saturated rings. The quantitative estimate of drug-likeness (QED) is 0.573. The van der Waals surface area contributed by atoms with Crippen LogP contribution in [0.4, 0.5) is 0 Å². The smallest absolute Gasteiger partial charge is 0.0518 e. The molecule has 0 aromatic heterocycles. The summed E-state index contributed by atoms with van der Waals surface area (Å²) < 4.78 is 5.54. The van der Waals surface area contributed by atoms with Crippen LogP contribution in [0.5, 0.6) is 0 Å². The summed E-state index contributed by atoms with van der Waals surface area (Å²) in [5.74, 6) is 0.867. The topological polar surface area (TPSA) is 9.23 Å². The van der Waals surface area contributed by atoms with Crippen LogP contribution in [0, 0.1) is 11.3 Å². The zero-order valence-electron chi connectivity index (χ0n) is 9.60. The van der Waals surface area contributed by atoms with Crippen LogP contribution in [0.1, 0.15) is 53.4 Å². The van der Waals surface area contributed by atoms with Crippen LogP contribution < -0.4 is 0 Å². The Morgan fingerprint density at radius 1 is 1.15 bits per heavy atom. The van der Waals surface area contributed by atoms with E-state index in [0.29, 0.717) is 11.5 Å². The number of rotatable bonds is 6. The van der Waals surface area contributed by atoms with Crippen LogP contribution in [0.15, 0.2) is 0 Å². The van der Waals surface area contributed by atoms with Gasteiger partial charge in [0, 0.05) is 6.61 Å². The van der Waals surface area contributed by atoms with E-state index < -0.39 is 0 Å². The van der Waals surface area contributed by atoms with E-state index >= 15 is 0 Å². The molecule has 0 aromatic rings. The van der Waals surface area contributed by atoms with Gasteiger partial charge in [-0.2, -0.15) is 0 Å². The first-order chi connectivity index (χ1) is 6.07. The molecule has 0 N–H and O–H groups in total. The highest BCUT2D eigenvalue weighted by molar-refractivity contribution is 4.94. The molecule has 78 valence electrons. The molecule has 0 unspecified atom stereocenters. The Morgan fingerprint density at radius 3 is 2.15 bits per heavy atom. The fourth-order valence-electron chi connectivity index (χ4n) is 2.02. The van der Waals surface area contributed by atoms with Crippen molar-refractivity contribution in [2.45, 2.75) is 59.5 Å². The van der Waals surface area contributed by atoms with Gasteiger partial charge in [-0.15, -0.1) is 0 Å². The lowest BCUT2D eigenvalue weighted by Crippen LogP contribution is -2.11. The zero-order chi connectivity index (χ0) is 9.90. The molecule has 1 heteroatoms. The van der Waals surface area contributed by atoms with Crippen molar-refractivity contribution in [3.8, 4) is 0 Å². The Balaban J connectivity index is 2.06. The summed E-state index contributed by atoms with van der Waals surface area (Å²) in [4.78, 5) is 0. The lowest BCUT2D eigenvalue weighted by molar-refractivity contribution is 0.0711. The monoisotopic (exact) mass is 184 g/mol. The van der Waals surface area contributed by atoms with Gasteiger partial charge in [0.05, 0.1) is 6.10 Å². The minimum absolute atomic E-state index is 0.397. The lowest BCUT2D eigenvalue weighted by atomic mass is 9.88. The van der Waals surface area contributed by atoms with Crippen LogP contribution >= 0.6 is 0 Å². The fraction of sp³-hybridized carbons (Fsp3) is 1.00. The Morgan fingerprint density at radius 2 is 1.77 bits per heavy atom. The standard InChI is InChI=1S/C12H24O/c1-10(2)12(7-8-12)6-5-9-13-11(3)4/h10-11H,5-9H2,1-4H3. The van der Waals surface area contributed by atoms with Gasteiger partial charge in [0.25, 0.3) is 0 Å². The van der Waals surface area contributed by atoms with Crippen molar-refractivity contribution in [2.24, 2.45) is 11.3 Å². The number of hydrogen-bond acceptors (Lipinski definition) is 1. The maximum Gasteiger partial charge on any atom is 0.0518 e. The second-order valence-corrected chi connectivity index (χ2v) is 5.04. The fourth-order valence-corrected chi connectivity index (χ4v) is 2.02. The van der Waals surface area contributed by atoms with Gasteiger partial charge in [-0.3, -0.25) is 0 Å². The summed E-state index contributed by atoms with van der Waals surface area (Å²) in [5.41, 5.74) is 0.709. The molecular weight excluding hydrogens is 160 g/mol. The molecule has 1 aliphatic rings. The van der Waals surface area contributed by atoms with Crippen LogP contribution in [0.25, 0.3) is 0 Å². The van der Waals surface area contributed by atoms with E-state index in [1.165, 1.54) is 25.7 Å². The molecule has 0 saturated heterocycles. The van der Waals surface area contributed by atoms with Gasteiger partial charge in [0.1, 0.15) is 0 Å². The molecule has 0 amide bonds. The molecule has 0 atom stereocenters. The van der Waals surface area contributed by atoms with Crippen molar-refractivity contribution in [3.63, 3.8) is 0 Å². The van der Waals surface area contributed by atoms with Gasteiger partial charge in [-0.25, -0.2) is 0 Å². The van der Waals surface area contributed by atoms with Crippen molar-refractivity contribution in [3.05, 3.63) is 0 Å². The molecule has 0 spiro atoms. The first kappa shape index (κ1) is 11.0. The van der Waals surface area contributed by atoms with Crippen molar-refractivity contribution >= 4 is 0 Å². The molecule has 0 heterocycles. The van der Waals surface area contributed by atoms with E-state index in [2.05, 4.69) is 27.7 Å². The van der Waals surface area contributed by atoms with Crippen molar-refractivity contribution in [1.29, 1.82) is 0 Å². The van der Waals surface area contributed by atoms with Crippen LogP contribution in [-0.4, -0.2) is 12.7 Å². The Hall–Kier alpha value is -0.0400. The second-order valence-electron chi connectivity index (χ2n) is 5.04. The molecule has 0 radical (unpaired) electrons. The van der Waals surface area contributed by atoms with E-state index in [1.807, 2.05) is 0 Å². The van der Waals surface area contributed by atoms with E-state index in [-0.39, 0.29) is 0 Å². The summed E-state index contributed by atoms with van der Waals surface area (Å²) in [7, 11) is 0. The molecule has 1 saturated carbocycles. The Bertz CT molecular complexity index is 145. The summed E-state index contributed by atoms with van der Waals surface area (Å²) in [5, 5.41) is 0. The van der Waals surface area contributed by atoms with Gasteiger partial charge in [0.2, 0.25) is 0 Å². The third-order valence-corrected chi connectivity index (χ3v) is 3.39. The van der Waals surface area contributed by atoms with Gasteiger partial charge in [0.15, 0.2) is 0 Å². The Kier molecular flexibility index (Phi) is 3.78. The van der Waals surface area contributed by atoms with Gasteiger partial charge in [-0.05, 0) is 50.9 Å². The first-order valence-electron chi connectivity index (χ1n) is 5.68. The van der Waals surface area contributed by atoms with Crippen molar-refractivity contribution in [2.75, 3.05) is 6.61 Å². The van der Waals surface area contributed by atoms with E-state index in [0.717, 1.165) is 12.5 Å². The minimum atomic E-state index is 0.397. The number of ether oxygens (including phenoxy) is 1. The van der Waals surface area contributed by atoms with Gasteiger partial charge in [-0.1, -0.05) is 13.8 Å². The van der Waals surface area contributed by atoms with Crippen LogP contribution in [0.3, 0.4) is 0 Å². The van der Waals surface area contributed by atoms with E-state index in [1.54, 1.807) is 0 Å². The lowest BCUT2D eigenvalue weighted by Gasteiger charge is -2.19. The summed E-state index contributed by atoms with van der Waals surface area (Å²) >= 11 is 0. The molecule has 0 bridgehead atoms. The summed E-state index contributed by atoms with van der Waals surface area (Å²) in [6.07, 6.45) is 5.92. The van der Waals surface area contributed by atoms with Crippen LogP contribution in [0.2, 0.25) is 0 Å². The van der Waals surface area contributed by atoms with E-state index in [4.69, 9.17) is 4.74 Å². The molecule has 0 aromatic carbocycles. The average molecular weight is 184 g/mol. The molecule has 1 nitrogen and oxygen atoms in total. The summed E-state index contributed by atoms with van der Waals surface area (Å²) in [6, 6.07) is 0. The normalized spacial score (nSPS) is 19.8. The maximum atomic E-state index is 5.54. The van der Waals surface area contributed by atoms with Gasteiger partial charge >= 0.3 is 0 Å². The number of hydrogen-bond donors (Lipinski definition) is 0. The average Bonchev–Trinajstić information content (AvgIpc) is 2.78. The van der Waals surface area contributed by atoms with Crippen LogP contribution in [-0.2, 0) is 4.74 Å². The molecular formula is C12H24O. The third-order valence-electron chi connectivity index (χ3n) is 3.39. The third kappa shape index (κ3) is 3.30. The highest BCUT2D eigenvalue weighted by Gasteiger charge is 2.44. The largest absolute Gasteiger partial charge is 0.379 e. The molecule has 1 rings (SSSR count). The molecule has 1 aliphatic carbocycles. The highest BCUT2D eigenvalue weighted by atomic mass is 16.5. The molecule has 13 heavy (non-hydrogen) atoms. The highest BCUT2D eigenvalue weighted by Crippen LogP contribution is 2.55. The second kappa shape index (κ2) is 4.45. The predicted octanol–water partition coefficient (Wildman–Crippen LogP) is 3.63. The first-order valence-corrected chi connectivity index (χ1v) is 5.68. The van der Waals surface area contributed by atoms with Gasteiger partial charge < -0.3 is 4.74 Å². The zero-order valence-corrected chi connectivity index (χ0v) is 9.60. The predicted molar refractivity (Wildman–Crippen MR) is 56.8 cm³/mol. The SMILES string of the molecule is CC(C)OCCCC1(C(C)C)CC1. The van der Waals surface area contributed by atoms with Crippen molar-refractivity contribution < 1.29 is 4.74 Å². The van der Waals surface area contributed by atoms with E-state index in [9.17, 15) is 0 Å². The minimum Gasteiger partial charge on any atom is -0.379 e. The van der Waals surface area contributed by atoms with Crippen molar-refractivity contribution in [1.82, 2.24) is 0 Å². The molecule has 0 aliphatic heterocycles.